The molecule has 0 aromatic rings. The smallest absolute Gasteiger partial charge is 0.404 e. The summed E-state index contributed by atoms with van der Waals surface area (Å²) in [5.41, 5.74) is 10.5. The van der Waals surface area contributed by atoms with Gasteiger partial charge in [-0.2, -0.15) is 0 Å². The van der Waals surface area contributed by atoms with Gasteiger partial charge in [-0.1, -0.05) is 6.42 Å². The highest BCUT2D eigenvalue weighted by molar-refractivity contribution is 5.77. The molecule has 3 amide bonds. The fraction of sp³-hybridized carbons (Fsp3) is 0.850. The van der Waals surface area contributed by atoms with Gasteiger partial charge in [-0.3, -0.25) is 9.59 Å². The molecule has 0 saturated carbocycles. The van der Waals surface area contributed by atoms with Crippen LogP contribution in [0.2, 0.25) is 0 Å². The topological polar surface area (TPSA) is 131 Å². The first-order valence-electron chi connectivity index (χ1n) is 10.9. The number of primary amides is 2. The van der Waals surface area contributed by atoms with Gasteiger partial charge in [-0.15, -0.1) is 0 Å². The Morgan fingerprint density at radius 2 is 1.69 bits per heavy atom. The first kappa shape index (κ1) is 23.4. The third-order valence-electron chi connectivity index (χ3n) is 5.85. The Labute approximate surface area is 173 Å². The van der Waals surface area contributed by atoms with E-state index in [1.807, 2.05) is 0 Å². The molecule has 29 heavy (non-hydrogen) atoms. The summed E-state index contributed by atoms with van der Waals surface area (Å²) in [6, 6.07) is 0. The number of unbranched alkanes of at least 4 members (excludes halogenated alkanes) is 2. The van der Waals surface area contributed by atoms with Crippen LogP contribution < -0.4 is 16.8 Å². The van der Waals surface area contributed by atoms with Crippen molar-refractivity contribution >= 4 is 17.9 Å². The fourth-order valence-corrected chi connectivity index (χ4v) is 4.12. The van der Waals surface area contributed by atoms with Crippen LogP contribution in [0.25, 0.3) is 0 Å². The van der Waals surface area contributed by atoms with Gasteiger partial charge in [-0.25, -0.2) is 4.79 Å². The fourth-order valence-electron chi connectivity index (χ4n) is 4.12. The minimum atomic E-state index is -0.714. The van der Waals surface area contributed by atoms with Crippen molar-refractivity contribution in [1.29, 1.82) is 0 Å². The number of nitrogens with two attached hydrogens (primary N) is 2. The van der Waals surface area contributed by atoms with Gasteiger partial charge in [0, 0.05) is 39.1 Å². The van der Waals surface area contributed by atoms with E-state index in [-0.39, 0.29) is 23.8 Å². The predicted molar refractivity (Wildman–Crippen MR) is 110 cm³/mol. The number of nitrogens with one attached hydrogen (secondary N) is 1. The van der Waals surface area contributed by atoms with E-state index >= 15 is 0 Å². The SMILES string of the molecule is NC(=O)OC1CCN(CCC(=O)NCCCCCN2CCCC(C(N)=O)C2)CC1. The van der Waals surface area contributed by atoms with Gasteiger partial charge in [0.2, 0.25) is 11.8 Å². The molecule has 0 aromatic carbocycles. The maximum Gasteiger partial charge on any atom is 0.404 e. The van der Waals surface area contributed by atoms with Gasteiger partial charge in [0.1, 0.15) is 6.10 Å². The van der Waals surface area contributed by atoms with E-state index in [1.165, 1.54) is 0 Å². The highest BCUT2D eigenvalue weighted by Crippen LogP contribution is 2.16. The molecule has 0 bridgehead atoms. The molecule has 2 aliphatic heterocycles. The third kappa shape index (κ3) is 9.45. The molecule has 0 aliphatic carbocycles. The lowest BCUT2D eigenvalue weighted by Crippen LogP contribution is -2.41. The van der Waals surface area contributed by atoms with Crippen LogP contribution in [0.5, 0.6) is 0 Å². The summed E-state index contributed by atoms with van der Waals surface area (Å²) in [5.74, 6) is -0.0916. The highest BCUT2D eigenvalue weighted by Gasteiger charge is 2.23. The van der Waals surface area contributed by atoms with Gasteiger partial charge in [0.15, 0.2) is 0 Å². The molecule has 166 valence electrons. The van der Waals surface area contributed by atoms with E-state index in [2.05, 4.69) is 15.1 Å². The maximum absolute atomic E-state index is 12.0. The van der Waals surface area contributed by atoms with Crippen LogP contribution in [-0.4, -0.2) is 79.6 Å². The van der Waals surface area contributed by atoms with Crippen molar-refractivity contribution in [2.75, 3.05) is 45.8 Å². The van der Waals surface area contributed by atoms with Crippen LogP contribution >= 0.6 is 0 Å². The summed E-state index contributed by atoms with van der Waals surface area (Å²) in [4.78, 5) is 38.6. The number of ether oxygens (including phenoxy) is 1. The molecule has 0 radical (unpaired) electrons. The molecule has 9 nitrogen and oxygen atoms in total. The average Bonchev–Trinajstić information content (AvgIpc) is 2.70. The minimum Gasteiger partial charge on any atom is -0.446 e. The van der Waals surface area contributed by atoms with Crippen molar-refractivity contribution < 1.29 is 19.1 Å². The van der Waals surface area contributed by atoms with Crippen molar-refractivity contribution in [3.8, 4) is 0 Å². The number of carbonyl (C=O) groups is 3. The first-order chi connectivity index (χ1) is 13.9. The summed E-state index contributed by atoms with van der Waals surface area (Å²) in [6.07, 6.45) is 6.27. The Balaban J connectivity index is 1.44. The van der Waals surface area contributed by atoms with Gasteiger partial charge >= 0.3 is 6.09 Å². The second-order valence-corrected chi connectivity index (χ2v) is 8.18. The number of amides is 3. The highest BCUT2D eigenvalue weighted by atomic mass is 16.6. The van der Waals surface area contributed by atoms with Crippen LogP contribution in [0.1, 0.15) is 51.4 Å². The standard InChI is InChI=1S/C20H37N5O4/c21-19(27)16-5-4-11-25(15-16)10-3-1-2-9-23-18(26)8-14-24-12-6-17(7-13-24)29-20(22)28/h16-17H,1-15H2,(H2,21,27)(H2,22,28)(H,23,26). The molecule has 1 atom stereocenters. The van der Waals surface area contributed by atoms with E-state index in [0.717, 1.165) is 84.2 Å². The van der Waals surface area contributed by atoms with Crippen LogP contribution in [0.15, 0.2) is 0 Å². The first-order valence-corrected chi connectivity index (χ1v) is 10.9. The van der Waals surface area contributed by atoms with Crippen molar-refractivity contribution in [3.63, 3.8) is 0 Å². The molecule has 2 fully saturated rings. The molecule has 0 aromatic heterocycles. The molecular formula is C20H37N5O4. The largest absolute Gasteiger partial charge is 0.446 e. The second-order valence-electron chi connectivity index (χ2n) is 8.18. The summed E-state index contributed by atoms with van der Waals surface area (Å²) < 4.78 is 5.01. The quantitative estimate of drug-likeness (QED) is 0.422. The van der Waals surface area contributed by atoms with Crippen LogP contribution in [0.4, 0.5) is 4.79 Å². The normalized spacial score (nSPS) is 21.6. The zero-order valence-corrected chi connectivity index (χ0v) is 17.4. The monoisotopic (exact) mass is 411 g/mol. The van der Waals surface area contributed by atoms with Crippen molar-refractivity contribution in [2.24, 2.45) is 17.4 Å². The zero-order chi connectivity index (χ0) is 21.1. The zero-order valence-electron chi connectivity index (χ0n) is 17.4. The number of hydrogen-bond donors (Lipinski definition) is 3. The lowest BCUT2D eigenvalue weighted by Gasteiger charge is -2.31. The third-order valence-corrected chi connectivity index (χ3v) is 5.85. The Morgan fingerprint density at radius 3 is 2.38 bits per heavy atom. The number of piperidine rings is 2. The van der Waals surface area contributed by atoms with E-state index in [0.29, 0.717) is 13.0 Å². The van der Waals surface area contributed by atoms with Crippen molar-refractivity contribution in [1.82, 2.24) is 15.1 Å². The van der Waals surface area contributed by atoms with E-state index in [1.54, 1.807) is 0 Å². The van der Waals surface area contributed by atoms with E-state index < -0.39 is 6.09 Å². The summed E-state index contributed by atoms with van der Waals surface area (Å²) in [5, 5.41) is 2.99. The number of likely N-dealkylation sites (tertiary alicyclic amines) is 2. The maximum atomic E-state index is 12.0. The minimum absolute atomic E-state index is 0.00417. The summed E-state index contributed by atoms with van der Waals surface area (Å²) >= 11 is 0. The van der Waals surface area contributed by atoms with Crippen LogP contribution in [-0.2, 0) is 14.3 Å². The molecule has 2 heterocycles. The van der Waals surface area contributed by atoms with Crippen LogP contribution in [0.3, 0.4) is 0 Å². The molecule has 9 heteroatoms. The average molecular weight is 412 g/mol. The molecule has 5 N–H and O–H groups in total. The van der Waals surface area contributed by atoms with E-state index in [9.17, 15) is 14.4 Å². The van der Waals surface area contributed by atoms with Gasteiger partial charge in [0.05, 0.1) is 5.92 Å². The number of rotatable bonds is 11. The lowest BCUT2D eigenvalue weighted by atomic mass is 9.97. The molecule has 2 rings (SSSR count). The Bertz CT molecular complexity index is 537. The lowest BCUT2D eigenvalue weighted by molar-refractivity contribution is -0.123. The van der Waals surface area contributed by atoms with Gasteiger partial charge < -0.3 is 31.3 Å². The van der Waals surface area contributed by atoms with E-state index in [4.69, 9.17) is 16.2 Å². The molecule has 2 saturated heterocycles. The second kappa shape index (κ2) is 12.6. The number of carbonyl (C=O) groups excluding carboxylic acids is 3. The van der Waals surface area contributed by atoms with Crippen molar-refractivity contribution in [2.45, 2.75) is 57.5 Å². The van der Waals surface area contributed by atoms with Crippen LogP contribution in [0, 0.1) is 5.92 Å². The van der Waals surface area contributed by atoms with Gasteiger partial charge in [0.25, 0.3) is 0 Å². The van der Waals surface area contributed by atoms with Crippen molar-refractivity contribution in [3.05, 3.63) is 0 Å². The molecule has 0 spiro atoms. The Kier molecular flexibility index (Phi) is 10.2. The number of nitrogens with zero attached hydrogens (tertiary/aromatic N) is 2. The molecule has 1 unspecified atom stereocenters. The molecular weight excluding hydrogens is 374 g/mol. The van der Waals surface area contributed by atoms with Gasteiger partial charge in [-0.05, 0) is 51.6 Å². The Morgan fingerprint density at radius 1 is 0.931 bits per heavy atom. The predicted octanol–water partition coefficient (Wildman–Crippen LogP) is 0.420. The molecule has 2 aliphatic rings. The Hall–Kier alpha value is -1.87. The number of hydrogen-bond acceptors (Lipinski definition) is 6. The summed E-state index contributed by atoms with van der Waals surface area (Å²) in [6.45, 7) is 5.90. The summed E-state index contributed by atoms with van der Waals surface area (Å²) in [7, 11) is 0.